The van der Waals surface area contributed by atoms with Gasteiger partial charge in [-0.15, -0.1) is 0 Å². The lowest BCUT2D eigenvalue weighted by Gasteiger charge is -2.08. The Morgan fingerprint density at radius 3 is 2.69 bits per heavy atom. The van der Waals surface area contributed by atoms with Gasteiger partial charge in [-0.3, -0.25) is 9.59 Å². The summed E-state index contributed by atoms with van der Waals surface area (Å²) in [6.45, 7) is 1.96. The molecule has 0 fully saturated rings. The number of amides is 1. The first kappa shape index (κ1) is 24.3. The lowest BCUT2D eigenvalue weighted by molar-refractivity contribution is -0.116. The molecule has 1 N–H and O–H groups in total. The fourth-order valence-corrected chi connectivity index (χ4v) is 4.43. The van der Waals surface area contributed by atoms with Gasteiger partial charge in [0.25, 0.3) is 5.56 Å². The molecule has 4 aromatic rings. The van der Waals surface area contributed by atoms with E-state index in [1.54, 1.807) is 24.3 Å². The molecule has 0 aliphatic heterocycles. The number of aromatic nitrogens is 3. The molecule has 2 aromatic carbocycles. The third-order valence-corrected chi connectivity index (χ3v) is 6.27. The maximum atomic E-state index is 12.6. The van der Waals surface area contributed by atoms with Gasteiger partial charge in [-0.1, -0.05) is 61.1 Å². The molecule has 2 heterocycles. The van der Waals surface area contributed by atoms with Crippen LogP contribution in [0.15, 0.2) is 65.5 Å². The number of esters is 1. The van der Waals surface area contributed by atoms with Crippen LogP contribution in [-0.4, -0.2) is 26.5 Å². The van der Waals surface area contributed by atoms with Gasteiger partial charge in [-0.2, -0.15) is 9.61 Å². The molecule has 2 aromatic heterocycles. The molecule has 0 saturated heterocycles. The van der Waals surface area contributed by atoms with E-state index in [0.717, 1.165) is 29.8 Å². The predicted octanol–water partition coefficient (Wildman–Crippen LogP) is 4.42. The smallest absolute Gasteiger partial charge is 0.338 e. The number of nitrogens with zero attached hydrogens (tertiary/aromatic N) is 3. The van der Waals surface area contributed by atoms with Gasteiger partial charge in [0.1, 0.15) is 11.6 Å². The van der Waals surface area contributed by atoms with Gasteiger partial charge in [-0.25, -0.2) is 9.78 Å². The Morgan fingerprint density at radius 2 is 1.89 bits per heavy atom. The number of hydrogen-bond acceptors (Lipinski definition) is 7. The number of fused-ring (bicyclic) bond motifs is 1. The van der Waals surface area contributed by atoms with Crippen molar-refractivity contribution in [2.24, 2.45) is 0 Å². The van der Waals surface area contributed by atoms with E-state index in [1.807, 2.05) is 30.3 Å². The Morgan fingerprint density at radius 1 is 1.06 bits per heavy atom. The van der Waals surface area contributed by atoms with E-state index in [1.165, 1.54) is 21.9 Å². The number of benzene rings is 2. The van der Waals surface area contributed by atoms with Crippen molar-refractivity contribution in [1.82, 2.24) is 14.6 Å². The minimum absolute atomic E-state index is 0.138. The molecule has 35 heavy (non-hydrogen) atoms. The number of carbonyl (C=O) groups is 2. The quantitative estimate of drug-likeness (QED) is 0.330. The number of rotatable bonds is 10. The lowest BCUT2D eigenvalue weighted by Crippen LogP contribution is -2.17. The molecule has 180 valence electrons. The number of anilines is 1. The number of carbonyl (C=O) groups excluding carboxylic acids is 2. The summed E-state index contributed by atoms with van der Waals surface area (Å²) in [4.78, 5) is 42.2. The second-order valence-electron chi connectivity index (χ2n) is 8.07. The zero-order valence-electron chi connectivity index (χ0n) is 19.4. The Balaban J connectivity index is 1.35. The fraction of sp³-hybridized carbons (Fsp3) is 0.269. The van der Waals surface area contributed by atoms with E-state index in [4.69, 9.17) is 4.74 Å². The third kappa shape index (κ3) is 6.60. The summed E-state index contributed by atoms with van der Waals surface area (Å²) in [5, 5.41) is 7.99. The van der Waals surface area contributed by atoms with Gasteiger partial charge in [-0.05, 0) is 36.6 Å². The Kier molecular flexibility index (Phi) is 7.99. The van der Waals surface area contributed by atoms with Crippen molar-refractivity contribution in [3.63, 3.8) is 0 Å². The molecule has 9 heteroatoms. The maximum absolute atomic E-state index is 12.6. The van der Waals surface area contributed by atoms with E-state index in [0.29, 0.717) is 34.7 Å². The van der Waals surface area contributed by atoms with Crippen molar-refractivity contribution in [3.8, 4) is 0 Å². The molecule has 0 saturated carbocycles. The van der Waals surface area contributed by atoms with Crippen molar-refractivity contribution in [3.05, 3.63) is 92.8 Å². The summed E-state index contributed by atoms with van der Waals surface area (Å²) < 4.78 is 6.66. The number of unbranched alkanes of at least 4 members (excludes halogenated alkanes) is 1. The van der Waals surface area contributed by atoms with Crippen molar-refractivity contribution >= 4 is 33.9 Å². The molecule has 0 atom stereocenters. The Labute approximate surface area is 206 Å². The van der Waals surface area contributed by atoms with Crippen LogP contribution in [0.1, 0.15) is 52.8 Å². The third-order valence-electron chi connectivity index (χ3n) is 5.30. The second-order valence-corrected chi connectivity index (χ2v) is 9.11. The van der Waals surface area contributed by atoms with Gasteiger partial charge in [0.2, 0.25) is 10.9 Å². The first-order valence-corrected chi connectivity index (χ1v) is 12.3. The first-order chi connectivity index (χ1) is 17.0. The van der Waals surface area contributed by atoms with E-state index >= 15 is 0 Å². The van der Waals surface area contributed by atoms with Crippen LogP contribution in [0.2, 0.25) is 0 Å². The minimum Gasteiger partial charge on any atom is -0.456 e. The molecule has 4 rings (SSSR count). The zero-order chi connectivity index (χ0) is 24.6. The lowest BCUT2D eigenvalue weighted by atomic mass is 10.1. The molecule has 0 spiro atoms. The largest absolute Gasteiger partial charge is 0.456 e. The maximum Gasteiger partial charge on any atom is 0.338 e. The highest BCUT2D eigenvalue weighted by atomic mass is 32.1. The van der Waals surface area contributed by atoms with E-state index in [2.05, 4.69) is 22.3 Å². The number of aryl methyl sites for hydroxylation is 2. The van der Waals surface area contributed by atoms with Crippen LogP contribution in [0.5, 0.6) is 0 Å². The number of ether oxygens (including phenoxy) is 1. The molecular weight excluding hydrogens is 464 g/mol. The van der Waals surface area contributed by atoms with Gasteiger partial charge < -0.3 is 10.1 Å². The number of hydrogen-bond donors (Lipinski definition) is 1. The molecule has 0 radical (unpaired) electrons. The second kappa shape index (κ2) is 11.5. The summed E-state index contributed by atoms with van der Waals surface area (Å²) in [6.07, 6.45) is 3.79. The van der Waals surface area contributed by atoms with Crippen molar-refractivity contribution in [2.45, 2.75) is 45.6 Å². The highest BCUT2D eigenvalue weighted by Crippen LogP contribution is 2.16. The Bertz CT molecular complexity index is 1380. The van der Waals surface area contributed by atoms with Crippen molar-refractivity contribution < 1.29 is 14.3 Å². The summed E-state index contributed by atoms with van der Waals surface area (Å²) in [7, 11) is 0. The molecule has 0 aliphatic carbocycles. The first-order valence-electron chi connectivity index (χ1n) is 11.5. The molecule has 0 unspecified atom stereocenters. The van der Waals surface area contributed by atoms with Crippen molar-refractivity contribution in [1.29, 1.82) is 0 Å². The molecule has 0 bridgehead atoms. The normalized spacial score (nSPS) is 10.9. The van der Waals surface area contributed by atoms with Gasteiger partial charge in [0.05, 0.1) is 11.3 Å². The van der Waals surface area contributed by atoms with E-state index in [9.17, 15) is 14.4 Å². The van der Waals surface area contributed by atoms with Crippen LogP contribution < -0.4 is 10.9 Å². The topological polar surface area (TPSA) is 103 Å². The van der Waals surface area contributed by atoms with Crippen LogP contribution in [-0.2, 0) is 29.0 Å². The van der Waals surface area contributed by atoms with E-state index < -0.39 is 5.97 Å². The van der Waals surface area contributed by atoms with Crippen molar-refractivity contribution in [2.75, 3.05) is 5.32 Å². The average Bonchev–Trinajstić information content (AvgIpc) is 3.29. The highest BCUT2D eigenvalue weighted by Gasteiger charge is 2.13. The van der Waals surface area contributed by atoms with Crippen LogP contribution in [0.3, 0.4) is 0 Å². The Hall–Kier alpha value is -3.85. The standard InChI is InChI=1S/C26H26N4O4S/c1-2-3-12-23-29-30-24(32)16-21(28-26(30)35-23)17-34-25(33)19-10-7-11-20(15-19)27-22(31)14-13-18-8-5-4-6-9-18/h4-11,15-16H,2-3,12-14,17H2,1H3,(H,27,31). The van der Waals surface area contributed by atoms with Crippen LogP contribution in [0.4, 0.5) is 5.69 Å². The summed E-state index contributed by atoms with van der Waals surface area (Å²) in [5.74, 6) is -0.708. The monoisotopic (exact) mass is 490 g/mol. The molecule has 1 amide bonds. The summed E-state index contributed by atoms with van der Waals surface area (Å²) >= 11 is 1.37. The van der Waals surface area contributed by atoms with E-state index in [-0.39, 0.29) is 18.1 Å². The fourth-order valence-electron chi connectivity index (χ4n) is 3.47. The minimum atomic E-state index is -0.569. The van der Waals surface area contributed by atoms with Crippen LogP contribution >= 0.6 is 11.3 Å². The highest BCUT2D eigenvalue weighted by molar-refractivity contribution is 7.16. The SMILES string of the molecule is CCCCc1nn2c(=O)cc(COC(=O)c3cccc(NC(=O)CCc4ccccc4)c3)nc2s1. The predicted molar refractivity (Wildman–Crippen MR) is 135 cm³/mol. The molecular formula is C26H26N4O4S. The summed E-state index contributed by atoms with van der Waals surface area (Å²) in [5.41, 5.74) is 1.95. The molecule has 0 aliphatic rings. The van der Waals surface area contributed by atoms with Gasteiger partial charge in [0.15, 0.2) is 0 Å². The average molecular weight is 491 g/mol. The van der Waals surface area contributed by atoms with Crippen LogP contribution in [0, 0.1) is 0 Å². The molecule has 8 nitrogen and oxygen atoms in total. The number of nitrogens with one attached hydrogen (secondary N) is 1. The van der Waals surface area contributed by atoms with Gasteiger partial charge in [0, 0.05) is 24.6 Å². The van der Waals surface area contributed by atoms with Gasteiger partial charge >= 0.3 is 5.97 Å². The summed E-state index contributed by atoms with van der Waals surface area (Å²) in [6, 6.07) is 17.7. The van der Waals surface area contributed by atoms with Crippen LogP contribution in [0.25, 0.3) is 4.96 Å². The zero-order valence-corrected chi connectivity index (χ0v) is 20.2.